The third kappa shape index (κ3) is 4.00. The van der Waals surface area contributed by atoms with Crippen LogP contribution in [0.4, 0.5) is 5.69 Å². The molecule has 172 valence electrons. The van der Waals surface area contributed by atoms with Gasteiger partial charge < -0.3 is 10.2 Å². The monoisotopic (exact) mass is 461 g/mol. The van der Waals surface area contributed by atoms with Gasteiger partial charge in [0.1, 0.15) is 6.04 Å². The first-order valence-corrected chi connectivity index (χ1v) is 11.1. The van der Waals surface area contributed by atoms with Crippen molar-refractivity contribution in [1.29, 1.82) is 0 Å². The smallest absolute Gasteiger partial charge is 0.262 e. The zero-order valence-electron chi connectivity index (χ0n) is 17.8. The molecule has 0 aliphatic carbocycles. The molecular formula is C22H28ClN5O4. The molecule has 5 rings (SSSR count). The number of hydrogen-bond acceptors (Lipinski definition) is 7. The van der Waals surface area contributed by atoms with Gasteiger partial charge in [-0.05, 0) is 37.5 Å². The van der Waals surface area contributed by atoms with Gasteiger partial charge in [0.05, 0.1) is 11.1 Å². The molecular weight excluding hydrogens is 434 g/mol. The summed E-state index contributed by atoms with van der Waals surface area (Å²) in [6, 6.07) is 5.04. The summed E-state index contributed by atoms with van der Waals surface area (Å²) in [5.41, 5.74) is 1.61. The van der Waals surface area contributed by atoms with Crippen molar-refractivity contribution < 1.29 is 19.2 Å². The van der Waals surface area contributed by atoms with Gasteiger partial charge in [0.2, 0.25) is 11.8 Å². The number of nitrogens with one attached hydrogen (secondary N) is 2. The van der Waals surface area contributed by atoms with Crippen LogP contribution in [0.1, 0.15) is 46.4 Å². The van der Waals surface area contributed by atoms with Gasteiger partial charge in [0.15, 0.2) is 0 Å². The Labute approximate surface area is 192 Å². The number of benzene rings is 1. The van der Waals surface area contributed by atoms with E-state index in [9.17, 15) is 19.2 Å². The molecule has 10 heteroatoms. The lowest BCUT2D eigenvalue weighted by Gasteiger charge is -2.41. The maximum absolute atomic E-state index is 13.0. The summed E-state index contributed by atoms with van der Waals surface area (Å²) in [6.45, 7) is 6.10. The van der Waals surface area contributed by atoms with E-state index in [1.807, 2.05) is 6.07 Å². The summed E-state index contributed by atoms with van der Waals surface area (Å²) in [7, 11) is 0. The van der Waals surface area contributed by atoms with E-state index in [0.717, 1.165) is 62.7 Å². The van der Waals surface area contributed by atoms with Gasteiger partial charge in [-0.15, -0.1) is 12.4 Å². The first kappa shape index (κ1) is 22.7. The third-order valence-corrected chi connectivity index (χ3v) is 6.92. The molecule has 1 aromatic rings. The van der Waals surface area contributed by atoms with E-state index in [1.54, 1.807) is 12.1 Å². The molecule has 0 aromatic heterocycles. The number of piperazine rings is 1. The lowest BCUT2D eigenvalue weighted by atomic mass is 10.0. The molecule has 0 bridgehead atoms. The number of imide groups is 2. The van der Waals surface area contributed by atoms with E-state index in [-0.39, 0.29) is 31.2 Å². The second-order valence-corrected chi connectivity index (χ2v) is 8.68. The number of amides is 4. The van der Waals surface area contributed by atoms with Crippen molar-refractivity contribution in [3.8, 4) is 0 Å². The first-order valence-electron chi connectivity index (χ1n) is 11.1. The highest BCUT2D eigenvalue weighted by Crippen LogP contribution is 2.32. The number of rotatable bonds is 3. The fourth-order valence-electron chi connectivity index (χ4n) is 5.19. The number of hydrogen-bond donors (Lipinski definition) is 2. The number of carbonyl (C=O) groups is 4. The van der Waals surface area contributed by atoms with Crippen molar-refractivity contribution in [2.24, 2.45) is 0 Å². The molecule has 1 unspecified atom stereocenters. The molecule has 0 radical (unpaired) electrons. The summed E-state index contributed by atoms with van der Waals surface area (Å²) in [5, 5.41) is 5.62. The average molecular weight is 462 g/mol. The minimum absolute atomic E-state index is 0. The normalized spacial score (nSPS) is 24.9. The highest BCUT2D eigenvalue weighted by molar-refractivity contribution is 6.23. The van der Waals surface area contributed by atoms with Crippen molar-refractivity contribution in [2.45, 2.75) is 37.8 Å². The molecule has 4 aliphatic rings. The predicted octanol–water partition coefficient (Wildman–Crippen LogP) is 0.384. The summed E-state index contributed by atoms with van der Waals surface area (Å²) in [4.78, 5) is 55.4. The number of anilines is 1. The van der Waals surface area contributed by atoms with E-state index >= 15 is 0 Å². The van der Waals surface area contributed by atoms with Gasteiger partial charge in [0, 0.05) is 57.4 Å². The zero-order chi connectivity index (χ0) is 21.5. The van der Waals surface area contributed by atoms with Gasteiger partial charge in [-0.2, -0.15) is 0 Å². The second kappa shape index (κ2) is 9.17. The molecule has 1 aromatic carbocycles. The van der Waals surface area contributed by atoms with E-state index in [1.165, 1.54) is 0 Å². The van der Waals surface area contributed by atoms with Gasteiger partial charge in [-0.25, -0.2) is 0 Å². The van der Waals surface area contributed by atoms with Crippen LogP contribution in [0.15, 0.2) is 18.2 Å². The Bertz CT molecular complexity index is 940. The summed E-state index contributed by atoms with van der Waals surface area (Å²) >= 11 is 0. The Morgan fingerprint density at radius 1 is 0.844 bits per heavy atom. The molecule has 4 amide bonds. The summed E-state index contributed by atoms with van der Waals surface area (Å²) in [5.74, 6) is -1.86. The summed E-state index contributed by atoms with van der Waals surface area (Å²) in [6.07, 6.45) is 2.44. The number of fused-ring (bicyclic) bond motifs is 1. The molecule has 3 saturated heterocycles. The van der Waals surface area contributed by atoms with Gasteiger partial charge in [-0.3, -0.25) is 34.3 Å². The quantitative estimate of drug-likeness (QED) is 0.627. The average Bonchev–Trinajstić information content (AvgIpc) is 3.04. The van der Waals surface area contributed by atoms with Crippen LogP contribution in [0.2, 0.25) is 0 Å². The lowest BCUT2D eigenvalue weighted by Crippen LogP contribution is -2.54. The Kier molecular flexibility index (Phi) is 6.50. The van der Waals surface area contributed by atoms with Crippen LogP contribution in [0.25, 0.3) is 0 Å². The van der Waals surface area contributed by atoms with Crippen LogP contribution in [0.5, 0.6) is 0 Å². The fourth-order valence-corrected chi connectivity index (χ4v) is 5.19. The minimum atomic E-state index is -0.927. The fraction of sp³-hybridized carbons (Fsp3) is 0.545. The van der Waals surface area contributed by atoms with Crippen molar-refractivity contribution >= 4 is 41.7 Å². The summed E-state index contributed by atoms with van der Waals surface area (Å²) < 4.78 is 0. The van der Waals surface area contributed by atoms with Crippen LogP contribution >= 0.6 is 12.4 Å². The topological polar surface area (TPSA) is 102 Å². The molecule has 32 heavy (non-hydrogen) atoms. The van der Waals surface area contributed by atoms with E-state index in [4.69, 9.17) is 0 Å². The Balaban J connectivity index is 0.00000245. The number of piperidine rings is 2. The minimum Gasteiger partial charge on any atom is -0.371 e. The van der Waals surface area contributed by atoms with Crippen LogP contribution in [-0.4, -0.2) is 84.8 Å². The van der Waals surface area contributed by atoms with Crippen molar-refractivity contribution in [3.63, 3.8) is 0 Å². The van der Waals surface area contributed by atoms with E-state index in [0.29, 0.717) is 17.2 Å². The predicted molar refractivity (Wildman–Crippen MR) is 120 cm³/mol. The zero-order valence-corrected chi connectivity index (χ0v) is 18.7. The molecule has 9 nitrogen and oxygen atoms in total. The highest BCUT2D eigenvalue weighted by Gasteiger charge is 2.44. The van der Waals surface area contributed by atoms with Crippen LogP contribution in [0, 0.1) is 0 Å². The van der Waals surface area contributed by atoms with Crippen molar-refractivity contribution in [2.75, 3.05) is 44.2 Å². The Morgan fingerprint density at radius 2 is 1.53 bits per heavy atom. The van der Waals surface area contributed by atoms with E-state index in [2.05, 4.69) is 20.4 Å². The molecule has 2 N–H and O–H groups in total. The number of carbonyl (C=O) groups excluding carboxylic acids is 4. The van der Waals surface area contributed by atoms with Gasteiger partial charge in [-0.1, -0.05) is 0 Å². The van der Waals surface area contributed by atoms with Crippen LogP contribution in [-0.2, 0) is 9.59 Å². The molecule has 3 fully saturated rings. The van der Waals surface area contributed by atoms with E-state index < -0.39 is 23.8 Å². The molecule has 4 heterocycles. The van der Waals surface area contributed by atoms with Gasteiger partial charge >= 0.3 is 0 Å². The maximum atomic E-state index is 13.0. The molecule has 1 atom stereocenters. The largest absolute Gasteiger partial charge is 0.371 e. The Morgan fingerprint density at radius 3 is 2.22 bits per heavy atom. The van der Waals surface area contributed by atoms with Crippen LogP contribution < -0.4 is 15.5 Å². The molecule has 4 aliphatic heterocycles. The Hall–Kier alpha value is -2.49. The highest BCUT2D eigenvalue weighted by atomic mass is 35.5. The van der Waals surface area contributed by atoms with Gasteiger partial charge in [0.25, 0.3) is 11.8 Å². The SMILES string of the molecule is Cl.O=C1CCC(N2C(=O)c3ccc(N4CCC(N5CCNCC5)CC4)cc3C2=O)C(=O)N1. The number of halogens is 1. The third-order valence-electron chi connectivity index (χ3n) is 6.92. The molecule has 0 spiro atoms. The van der Waals surface area contributed by atoms with Crippen molar-refractivity contribution in [1.82, 2.24) is 20.4 Å². The standard InChI is InChI=1S/C22H27N5O4.ClH/c28-19-4-3-18(20(29)24-19)27-21(30)16-2-1-15(13-17(16)22(27)31)25-9-5-14(6-10-25)26-11-7-23-8-12-26;/h1-2,13-14,18,23H,3-12H2,(H,24,28,29);1H. The number of nitrogens with zero attached hydrogens (tertiary/aromatic N) is 3. The van der Waals surface area contributed by atoms with Crippen LogP contribution in [0.3, 0.4) is 0 Å². The van der Waals surface area contributed by atoms with Crippen molar-refractivity contribution in [3.05, 3.63) is 29.3 Å². The first-order chi connectivity index (χ1) is 15.0. The lowest BCUT2D eigenvalue weighted by molar-refractivity contribution is -0.136. The second-order valence-electron chi connectivity index (χ2n) is 8.68. The molecule has 0 saturated carbocycles. The maximum Gasteiger partial charge on any atom is 0.262 e.